The van der Waals surface area contributed by atoms with E-state index in [1.165, 1.54) is 6.92 Å². The Morgan fingerprint density at radius 3 is 1.81 bits per heavy atom. The first-order valence-corrected chi connectivity index (χ1v) is 7.10. The summed E-state index contributed by atoms with van der Waals surface area (Å²) in [5.74, 6) is -0.126. The maximum absolute atomic E-state index is 11.2. The van der Waals surface area contributed by atoms with Crippen molar-refractivity contribution in [2.24, 2.45) is 0 Å². The van der Waals surface area contributed by atoms with Crippen molar-refractivity contribution in [2.75, 3.05) is 0 Å². The van der Waals surface area contributed by atoms with Crippen LogP contribution in [0.3, 0.4) is 0 Å². The Morgan fingerprint density at radius 2 is 1.29 bits per heavy atom. The van der Waals surface area contributed by atoms with E-state index >= 15 is 0 Å². The highest BCUT2D eigenvalue weighted by Crippen LogP contribution is 1.94. The van der Waals surface area contributed by atoms with Gasteiger partial charge in [0.2, 0.25) is 0 Å². The molecule has 0 aromatic rings. The fourth-order valence-electron chi connectivity index (χ4n) is 1.39. The predicted octanol–water partition coefficient (Wildman–Crippen LogP) is 4.67. The molecule has 0 aliphatic heterocycles. The SMILES string of the molecule is CC=CC=CC=CCC=CC=CC=CCC(=O)CC(C)=O. The number of hydrogen-bond acceptors (Lipinski definition) is 2. The summed E-state index contributed by atoms with van der Waals surface area (Å²) >= 11 is 0. The number of rotatable bonds is 10. The smallest absolute Gasteiger partial charge is 0.143 e. The van der Waals surface area contributed by atoms with Gasteiger partial charge in [-0.25, -0.2) is 0 Å². The third-order valence-electron chi connectivity index (χ3n) is 2.33. The van der Waals surface area contributed by atoms with Crippen molar-refractivity contribution in [3.05, 3.63) is 72.9 Å². The van der Waals surface area contributed by atoms with Crippen molar-refractivity contribution < 1.29 is 9.59 Å². The largest absolute Gasteiger partial charge is 0.300 e. The van der Waals surface area contributed by atoms with Crippen molar-refractivity contribution >= 4 is 11.6 Å². The van der Waals surface area contributed by atoms with Crippen molar-refractivity contribution in [1.29, 1.82) is 0 Å². The van der Waals surface area contributed by atoms with Crippen molar-refractivity contribution in [3.63, 3.8) is 0 Å². The molecule has 0 fully saturated rings. The Bertz CT molecular complexity index is 472. The number of hydrogen-bond donors (Lipinski definition) is 0. The van der Waals surface area contributed by atoms with Crippen LogP contribution >= 0.6 is 0 Å². The second kappa shape index (κ2) is 14.2. The molecule has 0 aromatic carbocycles. The van der Waals surface area contributed by atoms with Gasteiger partial charge >= 0.3 is 0 Å². The number of carbonyl (C=O) groups excluding carboxylic acids is 2. The molecule has 0 saturated carbocycles. The van der Waals surface area contributed by atoms with E-state index in [1.54, 1.807) is 6.08 Å². The molecule has 0 atom stereocenters. The van der Waals surface area contributed by atoms with E-state index in [1.807, 2.05) is 67.7 Å². The quantitative estimate of drug-likeness (QED) is 0.431. The monoisotopic (exact) mass is 284 g/mol. The number of allylic oxidation sites excluding steroid dienone is 12. The fraction of sp³-hybridized carbons (Fsp3) is 0.263. The topological polar surface area (TPSA) is 34.1 Å². The third-order valence-corrected chi connectivity index (χ3v) is 2.33. The lowest BCUT2D eigenvalue weighted by molar-refractivity contribution is -0.125. The van der Waals surface area contributed by atoms with Crippen LogP contribution in [0.15, 0.2) is 72.9 Å². The summed E-state index contributed by atoms with van der Waals surface area (Å²) < 4.78 is 0. The van der Waals surface area contributed by atoms with E-state index in [-0.39, 0.29) is 18.0 Å². The molecule has 0 radical (unpaired) electrons. The van der Waals surface area contributed by atoms with Gasteiger partial charge in [-0.05, 0) is 20.3 Å². The summed E-state index contributed by atoms with van der Waals surface area (Å²) in [4.78, 5) is 21.9. The first-order chi connectivity index (χ1) is 10.2. The van der Waals surface area contributed by atoms with Gasteiger partial charge in [0.1, 0.15) is 11.6 Å². The molecule has 0 unspecified atom stereocenters. The Hall–Kier alpha value is -2.22. The Kier molecular flexibility index (Phi) is 12.7. The van der Waals surface area contributed by atoms with Crippen LogP contribution in [0.2, 0.25) is 0 Å². The summed E-state index contributed by atoms with van der Waals surface area (Å²) in [6.45, 7) is 3.41. The molecule has 0 saturated heterocycles. The first kappa shape index (κ1) is 18.8. The Balaban J connectivity index is 3.78. The normalized spacial score (nSPS) is 13.0. The highest BCUT2D eigenvalue weighted by molar-refractivity contribution is 5.98. The van der Waals surface area contributed by atoms with Gasteiger partial charge in [0.25, 0.3) is 0 Å². The van der Waals surface area contributed by atoms with Gasteiger partial charge in [-0.15, -0.1) is 0 Å². The zero-order valence-electron chi connectivity index (χ0n) is 12.9. The van der Waals surface area contributed by atoms with Crippen LogP contribution in [0, 0.1) is 0 Å². The maximum Gasteiger partial charge on any atom is 0.143 e. The molecule has 21 heavy (non-hydrogen) atoms. The number of Topliss-reactive ketones (excluding diaryl/α,β-unsaturated/α-hetero) is 2. The second-order valence-electron chi connectivity index (χ2n) is 4.44. The molecule has 0 amide bonds. The van der Waals surface area contributed by atoms with E-state index in [0.29, 0.717) is 6.42 Å². The standard InChI is InChI=1S/C19H24O2/c1-3-4-5-6-7-8-9-10-11-12-13-14-15-16-19(21)17-18(2)20/h3-8,10-15H,9,16-17H2,1-2H3. The van der Waals surface area contributed by atoms with Crippen LogP contribution in [-0.2, 0) is 9.59 Å². The number of ketones is 2. The average Bonchev–Trinajstić information content (AvgIpc) is 2.43. The molecule has 0 aliphatic carbocycles. The summed E-state index contributed by atoms with van der Waals surface area (Å²) in [6, 6.07) is 0. The molecule has 0 aliphatic rings. The summed E-state index contributed by atoms with van der Waals surface area (Å²) in [5.41, 5.74) is 0. The minimum Gasteiger partial charge on any atom is -0.300 e. The lowest BCUT2D eigenvalue weighted by Gasteiger charge is -1.90. The maximum atomic E-state index is 11.2. The van der Waals surface area contributed by atoms with Gasteiger partial charge < -0.3 is 0 Å². The molecule has 2 heteroatoms. The zero-order valence-corrected chi connectivity index (χ0v) is 12.9. The number of carbonyl (C=O) groups is 2. The van der Waals surface area contributed by atoms with Crippen LogP contribution in [0.5, 0.6) is 0 Å². The van der Waals surface area contributed by atoms with E-state index in [4.69, 9.17) is 0 Å². The highest BCUT2D eigenvalue weighted by Gasteiger charge is 2.01. The molecule has 112 valence electrons. The van der Waals surface area contributed by atoms with Gasteiger partial charge in [0, 0.05) is 6.42 Å². The predicted molar refractivity (Wildman–Crippen MR) is 90.1 cm³/mol. The lowest BCUT2D eigenvalue weighted by atomic mass is 10.1. The van der Waals surface area contributed by atoms with Gasteiger partial charge in [-0.1, -0.05) is 72.9 Å². The Labute approximate surface area is 127 Å². The molecule has 0 spiro atoms. The van der Waals surface area contributed by atoms with Gasteiger partial charge in [0.15, 0.2) is 0 Å². The molecule has 2 nitrogen and oxygen atoms in total. The minimum absolute atomic E-state index is 0.0305. The molecular weight excluding hydrogens is 260 g/mol. The minimum atomic E-state index is -0.0829. The van der Waals surface area contributed by atoms with Gasteiger partial charge in [0.05, 0.1) is 6.42 Å². The van der Waals surface area contributed by atoms with E-state index < -0.39 is 0 Å². The van der Waals surface area contributed by atoms with Gasteiger partial charge in [-0.3, -0.25) is 9.59 Å². The van der Waals surface area contributed by atoms with Crippen molar-refractivity contribution in [3.8, 4) is 0 Å². The van der Waals surface area contributed by atoms with E-state index in [2.05, 4.69) is 6.08 Å². The summed E-state index contributed by atoms with van der Waals surface area (Å²) in [6.07, 6.45) is 24.6. The fourth-order valence-corrected chi connectivity index (χ4v) is 1.39. The van der Waals surface area contributed by atoms with Crippen LogP contribution in [0.25, 0.3) is 0 Å². The van der Waals surface area contributed by atoms with Crippen LogP contribution in [0.1, 0.15) is 33.1 Å². The molecule has 0 rings (SSSR count). The van der Waals surface area contributed by atoms with Crippen molar-refractivity contribution in [1.82, 2.24) is 0 Å². The average molecular weight is 284 g/mol. The Morgan fingerprint density at radius 1 is 0.762 bits per heavy atom. The highest BCUT2D eigenvalue weighted by atomic mass is 16.1. The molecule has 0 aromatic heterocycles. The summed E-state index contributed by atoms with van der Waals surface area (Å²) in [5, 5.41) is 0. The third kappa shape index (κ3) is 15.7. The molecule has 0 N–H and O–H groups in total. The molecule has 0 bridgehead atoms. The van der Waals surface area contributed by atoms with Crippen molar-refractivity contribution in [2.45, 2.75) is 33.1 Å². The summed E-state index contributed by atoms with van der Waals surface area (Å²) in [7, 11) is 0. The molecular formula is C19H24O2. The van der Waals surface area contributed by atoms with E-state index in [0.717, 1.165) is 6.42 Å². The zero-order chi connectivity index (χ0) is 15.8. The van der Waals surface area contributed by atoms with Crippen LogP contribution in [0.4, 0.5) is 0 Å². The first-order valence-electron chi connectivity index (χ1n) is 7.10. The van der Waals surface area contributed by atoms with Gasteiger partial charge in [-0.2, -0.15) is 0 Å². The van der Waals surface area contributed by atoms with Crippen LogP contribution in [-0.4, -0.2) is 11.6 Å². The van der Waals surface area contributed by atoms with Crippen LogP contribution < -0.4 is 0 Å². The second-order valence-corrected chi connectivity index (χ2v) is 4.44. The van der Waals surface area contributed by atoms with E-state index in [9.17, 15) is 9.59 Å². The molecule has 0 heterocycles. The lowest BCUT2D eigenvalue weighted by Crippen LogP contribution is -2.02.